The third-order valence-electron chi connectivity index (χ3n) is 3.20. The van der Waals surface area contributed by atoms with Crippen molar-refractivity contribution in [2.75, 3.05) is 27.3 Å². The van der Waals surface area contributed by atoms with Crippen LogP contribution in [-0.2, 0) is 16.0 Å². The first-order valence-electron chi connectivity index (χ1n) is 8.19. The van der Waals surface area contributed by atoms with E-state index in [1.807, 2.05) is 18.2 Å². The molecule has 0 aliphatic heterocycles. The number of carbonyl (C=O) groups excluding carboxylic acids is 2. The smallest absolute Gasteiger partial charge is 0.407 e. The van der Waals surface area contributed by atoms with Gasteiger partial charge in [0.2, 0.25) is 5.91 Å². The van der Waals surface area contributed by atoms with Crippen LogP contribution >= 0.6 is 0 Å². The van der Waals surface area contributed by atoms with Crippen LogP contribution in [-0.4, -0.2) is 44.9 Å². The van der Waals surface area contributed by atoms with E-state index >= 15 is 0 Å². The summed E-state index contributed by atoms with van der Waals surface area (Å²) in [5.74, 6) is 1.21. The zero-order valence-corrected chi connectivity index (χ0v) is 15.6. The van der Waals surface area contributed by atoms with E-state index in [4.69, 9.17) is 14.2 Å². The Bertz CT molecular complexity index is 581. The van der Waals surface area contributed by atoms with Crippen LogP contribution in [0.3, 0.4) is 0 Å². The van der Waals surface area contributed by atoms with E-state index < -0.39 is 11.7 Å². The molecule has 1 aromatic carbocycles. The number of benzene rings is 1. The molecule has 0 radical (unpaired) electrons. The van der Waals surface area contributed by atoms with Crippen LogP contribution in [0.2, 0.25) is 0 Å². The molecule has 1 rings (SSSR count). The number of methoxy groups -OCH3 is 2. The van der Waals surface area contributed by atoms with Crippen LogP contribution in [0.5, 0.6) is 11.5 Å². The van der Waals surface area contributed by atoms with Gasteiger partial charge in [0.05, 0.1) is 14.2 Å². The number of carbonyl (C=O) groups is 2. The first-order chi connectivity index (χ1) is 11.7. The number of hydrogen-bond donors (Lipinski definition) is 2. The van der Waals surface area contributed by atoms with Crippen LogP contribution in [0.25, 0.3) is 0 Å². The van der Waals surface area contributed by atoms with Gasteiger partial charge < -0.3 is 24.8 Å². The van der Waals surface area contributed by atoms with Gasteiger partial charge in [-0.2, -0.15) is 0 Å². The lowest BCUT2D eigenvalue weighted by Gasteiger charge is -2.19. The molecule has 0 saturated heterocycles. The van der Waals surface area contributed by atoms with E-state index in [0.717, 1.165) is 5.56 Å². The number of hydrogen-bond acceptors (Lipinski definition) is 5. The Morgan fingerprint density at radius 3 is 2.24 bits per heavy atom. The SMILES string of the molecule is COc1ccc(CCC(=O)NCCNC(=O)OC(C)(C)C)cc1OC. The highest BCUT2D eigenvalue weighted by Gasteiger charge is 2.15. The van der Waals surface area contributed by atoms with Crippen molar-refractivity contribution in [3.05, 3.63) is 23.8 Å². The molecule has 0 spiro atoms. The van der Waals surface area contributed by atoms with E-state index in [9.17, 15) is 9.59 Å². The highest BCUT2D eigenvalue weighted by Crippen LogP contribution is 2.27. The molecule has 0 bridgehead atoms. The van der Waals surface area contributed by atoms with Crippen molar-refractivity contribution in [1.82, 2.24) is 10.6 Å². The fourth-order valence-electron chi connectivity index (χ4n) is 2.06. The van der Waals surface area contributed by atoms with Crippen molar-refractivity contribution < 1.29 is 23.8 Å². The highest BCUT2D eigenvalue weighted by atomic mass is 16.6. The first kappa shape index (κ1) is 20.6. The van der Waals surface area contributed by atoms with Gasteiger partial charge in [0.1, 0.15) is 5.60 Å². The van der Waals surface area contributed by atoms with Crippen LogP contribution < -0.4 is 20.1 Å². The maximum absolute atomic E-state index is 11.9. The molecule has 0 aromatic heterocycles. The molecule has 2 N–H and O–H groups in total. The summed E-state index contributed by atoms with van der Waals surface area (Å²) in [5, 5.41) is 5.35. The van der Waals surface area contributed by atoms with E-state index in [-0.39, 0.29) is 5.91 Å². The van der Waals surface area contributed by atoms with Crippen LogP contribution in [0.15, 0.2) is 18.2 Å². The van der Waals surface area contributed by atoms with Crippen molar-refractivity contribution in [1.29, 1.82) is 0 Å². The predicted molar refractivity (Wildman–Crippen MR) is 95.1 cm³/mol. The molecule has 0 aliphatic carbocycles. The fourth-order valence-corrected chi connectivity index (χ4v) is 2.06. The minimum Gasteiger partial charge on any atom is -0.493 e. The summed E-state index contributed by atoms with van der Waals surface area (Å²) in [4.78, 5) is 23.3. The minimum atomic E-state index is -0.535. The molecular formula is C18H28N2O5. The Labute approximate surface area is 149 Å². The monoisotopic (exact) mass is 352 g/mol. The second kappa shape index (κ2) is 9.76. The molecule has 7 heteroatoms. The Balaban J connectivity index is 2.28. The van der Waals surface area contributed by atoms with Crippen molar-refractivity contribution in [3.8, 4) is 11.5 Å². The lowest BCUT2D eigenvalue weighted by molar-refractivity contribution is -0.121. The minimum absolute atomic E-state index is 0.0826. The van der Waals surface area contributed by atoms with Crippen molar-refractivity contribution in [2.24, 2.45) is 0 Å². The summed E-state index contributed by atoms with van der Waals surface area (Å²) in [6.45, 7) is 6.05. The molecular weight excluding hydrogens is 324 g/mol. The maximum Gasteiger partial charge on any atom is 0.407 e. The van der Waals surface area contributed by atoms with Gasteiger partial charge in [-0.15, -0.1) is 0 Å². The van der Waals surface area contributed by atoms with Crippen LogP contribution in [0, 0.1) is 0 Å². The van der Waals surface area contributed by atoms with Gasteiger partial charge in [0.15, 0.2) is 11.5 Å². The average Bonchev–Trinajstić information content (AvgIpc) is 2.55. The fraction of sp³-hybridized carbons (Fsp3) is 0.556. The zero-order chi connectivity index (χ0) is 18.9. The Hall–Kier alpha value is -2.44. The molecule has 0 saturated carbocycles. The number of aryl methyl sites for hydroxylation is 1. The molecule has 0 atom stereocenters. The lowest BCUT2D eigenvalue weighted by Crippen LogP contribution is -2.37. The van der Waals surface area contributed by atoms with Gasteiger partial charge in [0.25, 0.3) is 0 Å². The van der Waals surface area contributed by atoms with E-state index in [0.29, 0.717) is 37.4 Å². The van der Waals surface area contributed by atoms with Crippen molar-refractivity contribution in [2.45, 2.75) is 39.2 Å². The molecule has 2 amide bonds. The molecule has 0 heterocycles. The van der Waals surface area contributed by atoms with Crippen LogP contribution in [0.4, 0.5) is 4.79 Å². The first-order valence-corrected chi connectivity index (χ1v) is 8.19. The van der Waals surface area contributed by atoms with Gasteiger partial charge in [0, 0.05) is 19.5 Å². The molecule has 7 nitrogen and oxygen atoms in total. The quantitative estimate of drug-likeness (QED) is 0.701. The summed E-state index contributed by atoms with van der Waals surface area (Å²) in [6.07, 6.45) is 0.445. The van der Waals surface area contributed by atoms with Crippen molar-refractivity contribution in [3.63, 3.8) is 0 Å². The highest BCUT2D eigenvalue weighted by molar-refractivity contribution is 5.76. The van der Waals surface area contributed by atoms with Gasteiger partial charge in [-0.05, 0) is 44.9 Å². The second-order valence-corrected chi connectivity index (χ2v) is 6.47. The number of rotatable bonds is 8. The standard InChI is InChI=1S/C18H28N2O5/c1-18(2,3)25-17(22)20-11-10-19-16(21)9-7-13-6-8-14(23-4)15(12-13)24-5/h6,8,12H,7,9-11H2,1-5H3,(H,19,21)(H,20,22). The Kier molecular flexibility index (Phi) is 8.04. The molecule has 25 heavy (non-hydrogen) atoms. The lowest BCUT2D eigenvalue weighted by atomic mass is 10.1. The summed E-state index contributed by atoms with van der Waals surface area (Å²) in [5.41, 5.74) is 0.451. The maximum atomic E-state index is 11.9. The number of nitrogens with one attached hydrogen (secondary N) is 2. The van der Waals surface area contributed by atoms with Crippen LogP contribution in [0.1, 0.15) is 32.8 Å². The third-order valence-corrected chi connectivity index (χ3v) is 3.20. The summed E-state index contributed by atoms with van der Waals surface area (Å²) in [6, 6.07) is 5.58. The predicted octanol–water partition coefficient (Wildman–Crippen LogP) is 2.28. The van der Waals surface area contributed by atoms with Gasteiger partial charge in [-0.25, -0.2) is 4.79 Å². The molecule has 140 valence electrons. The molecule has 0 unspecified atom stereocenters. The summed E-state index contributed by atoms with van der Waals surface area (Å²) < 4.78 is 15.5. The van der Waals surface area contributed by atoms with Crippen molar-refractivity contribution >= 4 is 12.0 Å². The Morgan fingerprint density at radius 1 is 1.00 bits per heavy atom. The largest absolute Gasteiger partial charge is 0.493 e. The van der Waals surface area contributed by atoms with Gasteiger partial charge in [-0.1, -0.05) is 6.07 Å². The van der Waals surface area contributed by atoms with Gasteiger partial charge >= 0.3 is 6.09 Å². The molecule has 1 aromatic rings. The van der Waals surface area contributed by atoms with Gasteiger partial charge in [-0.3, -0.25) is 4.79 Å². The number of alkyl carbamates (subject to hydrolysis) is 1. The Morgan fingerprint density at radius 2 is 1.64 bits per heavy atom. The normalized spacial score (nSPS) is 10.8. The topological polar surface area (TPSA) is 85.9 Å². The third kappa shape index (κ3) is 8.28. The second-order valence-electron chi connectivity index (χ2n) is 6.47. The van der Waals surface area contributed by atoms with E-state index in [1.54, 1.807) is 35.0 Å². The average molecular weight is 352 g/mol. The van der Waals surface area contributed by atoms with E-state index in [1.165, 1.54) is 0 Å². The molecule has 0 aliphatic rings. The number of ether oxygens (including phenoxy) is 3. The summed E-state index contributed by atoms with van der Waals surface area (Å²) >= 11 is 0. The zero-order valence-electron chi connectivity index (χ0n) is 15.6. The number of amides is 2. The summed E-state index contributed by atoms with van der Waals surface area (Å²) in [7, 11) is 3.16. The molecule has 0 fully saturated rings. The van der Waals surface area contributed by atoms with E-state index in [2.05, 4.69) is 10.6 Å².